The zero-order valence-corrected chi connectivity index (χ0v) is 20.4. The Kier molecular flexibility index (Phi) is 7.18. The Balaban J connectivity index is 1.56. The summed E-state index contributed by atoms with van der Waals surface area (Å²) < 4.78 is 46.2. The zero-order chi connectivity index (χ0) is 26.0. The average molecular weight is 580 g/mol. The molecule has 0 unspecified atom stereocenters. The SMILES string of the molecule is O=C1NC(=O)N(c2cc(C(F)(F)F)ccc2Cl)C(=O)/C1=C\c1ccc(OCc2ccc(Br)cc2)cc1. The molecule has 184 valence electrons. The van der Waals surface area contributed by atoms with Crippen LogP contribution < -0.4 is 15.0 Å². The molecule has 4 rings (SSSR count). The average Bonchev–Trinajstić information content (AvgIpc) is 2.82. The number of nitrogens with one attached hydrogen (secondary N) is 1. The highest BCUT2D eigenvalue weighted by molar-refractivity contribution is 9.10. The number of rotatable bonds is 5. The smallest absolute Gasteiger partial charge is 0.416 e. The number of halogens is 5. The van der Waals surface area contributed by atoms with Crippen LogP contribution in [0.5, 0.6) is 5.75 Å². The van der Waals surface area contributed by atoms with Gasteiger partial charge in [0.2, 0.25) is 0 Å². The molecule has 0 atom stereocenters. The van der Waals surface area contributed by atoms with E-state index in [2.05, 4.69) is 15.9 Å². The molecule has 0 aliphatic carbocycles. The largest absolute Gasteiger partial charge is 0.489 e. The van der Waals surface area contributed by atoms with E-state index in [0.717, 1.165) is 22.2 Å². The van der Waals surface area contributed by atoms with Gasteiger partial charge in [0.05, 0.1) is 16.3 Å². The van der Waals surface area contributed by atoms with Gasteiger partial charge in [-0.15, -0.1) is 0 Å². The molecule has 0 saturated carbocycles. The van der Waals surface area contributed by atoms with Crippen LogP contribution in [-0.4, -0.2) is 17.8 Å². The van der Waals surface area contributed by atoms with Gasteiger partial charge in [0, 0.05) is 4.47 Å². The first-order chi connectivity index (χ1) is 17.0. The van der Waals surface area contributed by atoms with E-state index < -0.39 is 40.8 Å². The number of imide groups is 2. The Morgan fingerprint density at radius 2 is 1.64 bits per heavy atom. The Hall–Kier alpha value is -3.63. The summed E-state index contributed by atoms with van der Waals surface area (Å²) >= 11 is 9.35. The highest BCUT2D eigenvalue weighted by Crippen LogP contribution is 2.36. The zero-order valence-electron chi connectivity index (χ0n) is 18.1. The predicted molar refractivity (Wildman–Crippen MR) is 130 cm³/mol. The topological polar surface area (TPSA) is 75.7 Å². The first kappa shape index (κ1) is 25.5. The van der Waals surface area contributed by atoms with Crippen LogP contribution in [0.4, 0.5) is 23.7 Å². The van der Waals surface area contributed by atoms with Gasteiger partial charge in [-0.3, -0.25) is 14.9 Å². The maximum absolute atomic E-state index is 13.2. The first-order valence-electron chi connectivity index (χ1n) is 10.3. The lowest BCUT2D eigenvalue weighted by Gasteiger charge is -2.27. The summed E-state index contributed by atoms with van der Waals surface area (Å²) in [6.45, 7) is 0.323. The monoisotopic (exact) mass is 578 g/mol. The van der Waals surface area contributed by atoms with Gasteiger partial charge in [-0.2, -0.15) is 13.2 Å². The highest BCUT2D eigenvalue weighted by atomic mass is 79.9. The molecule has 1 aliphatic rings. The number of barbiturate groups is 1. The minimum absolute atomic E-state index is 0.271. The van der Waals surface area contributed by atoms with E-state index in [1.807, 2.05) is 29.6 Å². The number of nitrogens with zero attached hydrogens (tertiary/aromatic N) is 1. The van der Waals surface area contributed by atoms with E-state index >= 15 is 0 Å². The van der Waals surface area contributed by atoms with Gasteiger partial charge >= 0.3 is 12.2 Å². The van der Waals surface area contributed by atoms with Gasteiger partial charge in [-0.25, -0.2) is 9.69 Å². The fourth-order valence-corrected chi connectivity index (χ4v) is 3.78. The van der Waals surface area contributed by atoms with Crippen molar-refractivity contribution in [3.8, 4) is 5.75 Å². The number of amides is 4. The van der Waals surface area contributed by atoms with Crippen molar-refractivity contribution in [2.75, 3.05) is 4.90 Å². The maximum atomic E-state index is 13.2. The molecule has 1 aliphatic heterocycles. The molecule has 4 amide bonds. The Morgan fingerprint density at radius 1 is 0.972 bits per heavy atom. The third kappa shape index (κ3) is 5.60. The number of anilines is 1. The molecule has 0 radical (unpaired) electrons. The number of carbonyl (C=O) groups excluding carboxylic acids is 3. The van der Waals surface area contributed by atoms with Crippen molar-refractivity contribution >= 4 is 57.1 Å². The van der Waals surface area contributed by atoms with Crippen molar-refractivity contribution in [1.82, 2.24) is 5.32 Å². The Bertz CT molecular complexity index is 1370. The van der Waals surface area contributed by atoms with Crippen molar-refractivity contribution in [2.45, 2.75) is 12.8 Å². The molecule has 1 heterocycles. The van der Waals surface area contributed by atoms with Crippen molar-refractivity contribution in [3.05, 3.63) is 98.5 Å². The lowest BCUT2D eigenvalue weighted by atomic mass is 10.1. The third-order valence-corrected chi connectivity index (χ3v) is 5.97. The number of hydrogen-bond acceptors (Lipinski definition) is 4. The number of benzene rings is 3. The van der Waals surface area contributed by atoms with Gasteiger partial charge in [-0.05, 0) is 59.7 Å². The molecular weight excluding hydrogens is 565 g/mol. The van der Waals surface area contributed by atoms with Crippen LogP contribution in [0.3, 0.4) is 0 Å². The minimum atomic E-state index is -4.73. The molecule has 0 bridgehead atoms. The van der Waals surface area contributed by atoms with Gasteiger partial charge in [0.25, 0.3) is 11.8 Å². The molecule has 1 saturated heterocycles. The number of alkyl halides is 3. The van der Waals surface area contributed by atoms with Gasteiger partial charge in [0.15, 0.2) is 0 Å². The van der Waals surface area contributed by atoms with Crippen molar-refractivity contribution in [3.63, 3.8) is 0 Å². The molecule has 0 spiro atoms. The van der Waals surface area contributed by atoms with Gasteiger partial charge in [-0.1, -0.05) is 51.8 Å². The van der Waals surface area contributed by atoms with Crippen LogP contribution >= 0.6 is 27.5 Å². The van der Waals surface area contributed by atoms with Crippen molar-refractivity contribution in [2.24, 2.45) is 0 Å². The summed E-state index contributed by atoms with van der Waals surface area (Å²) in [6, 6.07) is 15.0. The second-order valence-electron chi connectivity index (χ2n) is 7.61. The third-order valence-electron chi connectivity index (χ3n) is 5.13. The molecule has 6 nitrogen and oxygen atoms in total. The predicted octanol–water partition coefficient (Wildman–Crippen LogP) is 6.37. The summed E-state index contributed by atoms with van der Waals surface area (Å²) in [7, 11) is 0. The fourth-order valence-electron chi connectivity index (χ4n) is 3.31. The molecule has 1 N–H and O–H groups in total. The lowest BCUT2D eigenvalue weighted by Crippen LogP contribution is -2.54. The second-order valence-corrected chi connectivity index (χ2v) is 8.93. The van der Waals surface area contributed by atoms with E-state index in [1.54, 1.807) is 24.3 Å². The minimum Gasteiger partial charge on any atom is -0.489 e. The van der Waals surface area contributed by atoms with Crippen LogP contribution in [0, 0.1) is 0 Å². The van der Waals surface area contributed by atoms with E-state index in [0.29, 0.717) is 28.9 Å². The summed E-state index contributed by atoms with van der Waals surface area (Å²) in [5.74, 6) is -1.56. The molecule has 0 aromatic heterocycles. The molecule has 1 fully saturated rings. The van der Waals surface area contributed by atoms with Crippen LogP contribution in [0.15, 0.2) is 76.8 Å². The van der Waals surface area contributed by atoms with Gasteiger partial charge < -0.3 is 4.74 Å². The fraction of sp³-hybridized carbons (Fsp3) is 0.0800. The number of hydrogen-bond donors (Lipinski definition) is 1. The van der Waals surface area contributed by atoms with E-state index in [-0.39, 0.29) is 5.02 Å². The highest BCUT2D eigenvalue weighted by Gasteiger charge is 2.39. The summed E-state index contributed by atoms with van der Waals surface area (Å²) in [5.41, 5.74) is -0.680. The van der Waals surface area contributed by atoms with Crippen molar-refractivity contribution < 1.29 is 32.3 Å². The Labute approximate surface area is 216 Å². The van der Waals surface area contributed by atoms with E-state index in [1.165, 1.54) is 6.08 Å². The standard InChI is InChI=1S/C25H15BrClF3N2O4/c26-17-6-1-15(2-7-17)13-36-18-8-3-14(4-9-18)11-19-22(33)31-24(35)32(23(19)34)21-12-16(25(28,29)30)5-10-20(21)27/h1-12H,13H2,(H,31,33,35)/b19-11-. The van der Waals surface area contributed by atoms with E-state index in [9.17, 15) is 27.6 Å². The van der Waals surface area contributed by atoms with E-state index in [4.69, 9.17) is 16.3 Å². The lowest BCUT2D eigenvalue weighted by molar-refractivity contribution is -0.137. The van der Waals surface area contributed by atoms with Gasteiger partial charge in [0.1, 0.15) is 17.9 Å². The molecule has 3 aromatic carbocycles. The van der Waals surface area contributed by atoms with Crippen LogP contribution in [0.2, 0.25) is 5.02 Å². The molecule has 3 aromatic rings. The Morgan fingerprint density at radius 3 is 2.28 bits per heavy atom. The molecule has 36 heavy (non-hydrogen) atoms. The number of carbonyl (C=O) groups is 3. The summed E-state index contributed by atoms with van der Waals surface area (Å²) in [5, 5.41) is 1.69. The van der Waals surface area contributed by atoms with Crippen LogP contribution in [-0.2, 0) is 22.4 Å². The summed E-state index contributed by atoms with van der Waals surface area (Å²) in [6.07, 6.45) is -3.51. The molecular formula is C25H15BrClF3N2O4. The summed E-state index contributed by atoms with van der Waals surface area (Å²) in [4.78, 5) is 38.2. The first-order valence-corrected chi connectivity index (χ1v) is 11.5. The van der Waals surface area contributed by atoms with Crippen LogP contribution in [0.1, 0.15) is 16.7 Å². The van der Waals surface area contributed by atoms with Crippen LogP contribution in [0.25, 0.3) is 6.08 Å². The number of urea groups is 1. The quantitative estimate of drug-likeness (QED) is 0.282. The maximum Gasteiger partial charge on any atom is 0.416 e. The molecule has 11 heteroatoms. The van der Waals surface area contributed by atoms with Crippen molar-refractivity contribution in [1.29, 1.82) is 0 Å². The normalized spacial score (nSPS) is 15.3. The second kappa shape index (κ2) is 10.2. The number of ether oxygens (including phenoxy) is 1.